The highest BCUT2D eigenvalue weighted by atomic mass is 35.5. The number of nitrogens with zero attached hydrogens (tertiary/aromatic N) is 3. The second-order valence-electron chi connectivity index (χ2n) is 4.25. The molecule has 1 atom stereocenters. The summed E-state index contributed by atoms with van der Waals surface area (Å²) in [6.45, 7) is 0.929. The van der Waals surface area contributed by atoms with Crippen molar-refractivity contribution in [2.75, 3.05) is 30.5 Å². The standard InChI is InChI=1S/C10H11ClN4O2/c1-15-6-4-12-9(11)13-7(6)14-10(8(15)16)2-3-17-5-10/h4H,2-3,5H2,1H3,(H,12,13,14). The summed E-state index contributed by atoms with van der Waals surface area (Å²) in [6, 6.07) is 0. The number of aromatic nitrogens is 2. The molecule has 0 saturated carbocycles. The fourth-order valence-corrected chi connectivity index (χ4v) is 2.37. The van der Waals surface area contributed by atoms with Crippen molar-refractivity contribution >= 4 is 29.0 Å². The topological polar surface area (TPSA) is 67.3 Å². The zero-order valence-electron chi connectivity index (χ0n) is 9.23. The van der Waals surface area contributed by atoms with E-state index in [1.165, 1.54) is 6.20 Å². The van der Waals surface area contributed by atoms with Gasteiger partial charge in [0.25, 0.3) is 5.91 Å². The van der Waals surface area contributed by atoms with Gasteiger partial charge in [-0.15, -0.1) is 0 Å². The largest absolute Gasteiger partial charge is 0.378 e. The van der Waals surface area contributed by atoms with Gasteiger partial charge >= 0.3 is 0 Å². The highest BCUT2D eigenvalue weighted by Crippen LogP contribution is 2.36. The van der Waals surface area contributed by atoms with E-state index in [1.807, 2.05) is 0 Å². The molecular formula is C10H11ClN4O2. The summed E-state index contributed by atoms with van der Waals surface area (Å²) in [6.07, 6.45) is 2.18. The van der Waals surface area contributed by atoms with Crippen molar-refractivity contribution in [1.82, 2.24) is 9.97 Å². The van der Waals surface area contributed by atoms with E-state index in [4.69, 9.17) is 16.3 Å². The Morgan fingerprint density at radius 3 is 3.18 bits per heavy atom. The molecule has 3 rings (SSSR count). The van der Waals surface area contributed by atoms with Crippen LogP contribution in [-0.4, -0.2) is 41.7 Å². The Balaban J connectivity index is 2.09. The SMILES string of the molecule is CN1C(=O)C2(CCOC2)Nc2nc(Cl)ncc21. The molecule has 7 heteroatoms. The molecule has 0 radical (unpaired) electrons. The maximum absolute atomic E-state index is 12.3. The molecule has 1 N–H and O–H groups in total. The van der Waals surface area contributed by atoms with Crippen molar-refractivity contribution in [2.45, 2.75) is 12.0 Å². The number of rotatable bonds is 0. The zero-order chi connectivity index (χ0) is 12.0. The maximum atomic E-state index is 12.3. The van der Waals surface area contributed by atoms with Gasteiger partial charge in [0.1, 0.15) is 11.2 Å². The molecule has 1 amide bonds. The van der Waals surface area contributed by atoms with Crippen LogP contribution in [-0.2, 0) is 9.53 Å². The van der Waals surface area contributed by atoms with Crippen molar-refractivity contribution < 1.29 is 9.53 Å². The molecule has 1 saturated heterocycles. The number of nitrogens with one attached hydrogen (secondary N) is 1. The average Bonchev–Trinajstić information content (AvgIpc) is 2.75. The predicted octanol–water partition coefficient (Wildman–Crippen LogP) is 0.677. The number of hydrogen-bond donors (Lipinski definition) is 1. The molecule has 1 unspecified atom stereocenters. The van der Waals surface area contributed by atoms with Crippen molar-refractivity contribution in [3.05, 3.63) is 11.5 Å². The van der Waals surface area contributed by atoms with Crippen LogP contribution < -0.4 is 10.2 Å². The molecule has 17 heavy (non-hydrogen) atoms. The molecule has 2 aliphatic heterocycles. The third-order valence-corrected chi connectivity index (χ3v) is 3.38. The number of carbonyl (C=O) groups excluding carboxylic acids is 1. The lowest BCUT2D eigenvalue weighted by molar-refractivity contribution is -0.122. The number of halogens is 1. The molecule has 0 aromatic carbocycles. The van der Waals surface area contributed by atoms with Crippen LogP contribution >= 0.6 is 11.6 Å². The molecule has 2 aliphatic rings. The normalized spacial score (nSPS) is 27.2. The van der Waals surface area contributed by atoms with E-state index in [-0.39, 0.29) is 11.2 Å². The van der Waals surface area contributed by atoms with Crippen LogP contribution in [0.3, 0.4) is 0 Å². The number of likely N-dealkylation sites (N-methyl/N-ethyl adjacent to an activating group) is 1. The molecule has 3 heterocycles. The summed E-state index contributed by atoms with van der Waals surface area (Å²) < 4.78 is 5.32. The first kappa shape index (κ1) is 10.7. The van der Waals surface area contributed by atoms with E-state index in [9.17, 15) is 4.79 Å². The van der Waals surface area contributed by atoms with Crippen molar-refractivity contribution in [3.63, 3.8) is 0 Å². The van der Waals surface area contributed by atoms with Crippen LogP contribution in [0.1, 0.15) is 6.42 Å². The number of ether oxygens (including phenoxy) is 1. The Morgan fingerprint density at radius 2 is 2.47 bits per heavy atom. The monoisotopic (exact) mass is 254 g/mol. The molecule has 1 fully saturated rings. The van der Waals surface area contributed by atoms with Crippen molar-refractivity contribution in [2.24, 2.45) is 0 Å². The summed E-state index contributed by atoms with van der Waals surface area (Å²) >= 11 is 5.76. The lowest BCUT2D eigenvalue weighted by Gasteiger charge is -2.38. The Bertz CT molecular complexity index is 487. The van der Waals surface area contributed by atoms with Gasteiger partial charge in [0, 0.05) is 20.1 Å². The summed E-state index contributed by atoms with van der Waals surface area (Å²) in [4.78, 5) is 21.8. The smallest absolute Gasteiger partial charge is 0.255 e. The fraction of sp³-hybridized carbons (Fsp3) is 0.500. The summed E-state index contributed by atoms with van der Waals surface area (Å²) in [5.41, 5.74) is -0.0590. The van der Waals surface area contributed by atoms with E-state index in [1.54, 1.807) is 11.9 Å². The zero-order valence-corrected chi connectivity index (χ0v) is 9.99. The maximum Gasteiger partial charge on any atom is 0.255 e. The van der Waals surface area contributed by atoms with Gasteiger partial charge in [-0.1, -0.05) is 0 Å². The van der Waals surface area contributed by atoms with Gasteiger partial charge in [0.05, 0.1) is 12.8 Å². The van der Waals surface area contributed by atoms with E-state index in [2.05, 4.69) is 15.3 Å². The van der Waals surface area contributed by atoms with Crippen LogP contribution in [0.5, 0.6) is 0 Å². The second kappa shape index (κ2) is 3.54. The molecule has 1 aromatic heterocycles. The first-order valence-corrected chi connectivity index (χ1v) is 5.67. The Kier molecular flexibility index (Phi) is 2.24. The van der Waals surface area contributed by atoms with Crippen LogP contribution in [0.25, 0.3) is 0 Å². The Morgan fingerprint density at radius 1 is 1.65 bits per heavy atom. The van der Waals surface area contributed by atoms with Crippen LogP contribution in [0, 0.1) is 0 Å². The second-order valence-corrected chi connectivity index (χ2v) is 4.58. The molecular weight excluding hydrogens is 244 g/mol. The molecule has 1 aromatic rings. The predicted molar refractivity (Wildman–Crippen MR) is 62.2 cm³/mol. The van der Waals surface area contributed by atoms with Gasteiger partial charge < -0.3 is 15.0 Å². The van der Waals surface area contributed by atoms with Crippen molar-refractivity contribution in [1.29, 1.82) is 0 Å². The third kappa shape index (κ3) is 1.48. The number of fused-ring (bicyclic) bond motifs is 1. The lowest BCUT2D eigenvalue weighted by atomic mass is 9.94. The minimum absolute atomic E-state index is 0.0200. The minimum Gasteiger partial charge on any atom is -0.378 e. The minimum atomic E-state index is -0.695. The first-order valence-electron chi connectivity index (χ1n) is 5.29. The van der Waals surface area contributed by atoms with E-state index in [0.717, 1.165) is 0 Å². The van der Waals surface area contributed by atoms with E-state index >= 15 is 0 Å². The summed E-state index contributed by atoms with van der Waals surface area (Å²) in [5.74, 6) is 0.561. The highest BCUT2D eigenvalue weighted by molar-refractivity contribution is 6.28. The number of amides is 1. The third-order valence-electron chi connectivity index (χ3n) is 3.19. The number of carbonyl (C=O) groups is 1. The fourth-order valence-electron chi connectivity index (χ4n) is 2.23. The Labute approximate surface area is 103 Å². The quantitative estimate of drug-likeness (QED) is 0.690. The van der Waals surface area contributed by atoms with Gasteiger partial charge in [-0.3, -0.25) is 4.79 Å². The van der Waals surface area contributed by atoms with E-state index < -0.39 is 5.54 Å². The van der Waals surface area contributed by atoms with Gasteiger partial charge in [0.2, 0.25) is 5.28 Å². The van der Waals surface area contributed by atoms with Crippen LogP contribution in [0.15, 0.2) is 6.20 Å². The van der Waals surface area contributed by atoms with E-state index in [0.29, 0.717) is 31.1 Å². The molecule has 90 valence electrons. The van der Waals surface area contributed by atoms with Gasteiger partial charge in [0.15, 0.2) is 5.82 Å². The average molecular weight is 255 g/mol. The molecule has 1 spiro atoms. The molecule has 0 aliphatic carbocycles. The lowest BCUT2D eigenvalue weighted by Crippen LogP contribution is -2.57. The highest BCUT2D eigenvalue weighted by Gasteiger charge is 2.48. The van der Waals surface area contributed by atoms with Gasteiger partial charge in [-0.2, -0.15) is 4.98 Å². The number of hydrogen-bond acceptors (Lipinski definition) is 5. The summed E-state index contributed by atoms with van der Waals surface area (Å²) in [5, 5.41) is 3.30. The summed E-state index contributed by atoms with van der Waals surface area (Å²) in [7, 11) is 1.71. The number of anilines is 2. The van der Waals surface area contributed by atoms with Gasteiger partial charge in [-0.25, -0.2) is 4.98 Å². The van der Waals surface area contributed by atoms with Crippen LogP contribution in [0.4, 0.5) is 11.5 Å². The van der Waals surface area contributed by atoms with Gasteiger partial charge in [-0.05, 0) is 11.6 Å². The molecule has 6 nitrogen and oxygen atoms in total. The Hall–Kier alpha value is -1.40. The van der Waals surface area contributed by atoms with Crippen molar-refractivity contribution in [3.8, 4) is 0 Å². The first-order chi connectivity index (χ1) is 8.12. The van der Waals surface area contributed by atoms with Crippen LogP contribution in [0.2, 0.25) is 5.28 Å². The molecule has 0 bridgehead atoms.